The molecule has 0 N–H and O–H groups in total. The fraction of sp³-hybridized carbons (Fsp3) is 1.00. The summed E-state index contributed by atoms with van der Waals surface area (Å²) in [6.45, 7) is 13.1. The molecule has 2 rings (SSSR count). The van der Waals surface area contributed by atoms with Crippen LogP contribution in [0.5, 0.6) is 0 Å². The lowest BCUT2D eigenvalue weighted by molar-refractivity contribution is 0.124. The van der Waals surface area contributed by atoms with Gasteiger partial charge in [0.1, 0.15) is 0 Å². The number of hydrogen-bond donors (Lipinski definition) is 0. The standard InChI is InChI=1S/C11H21N.2C2H6/c1-10-3-4-11(9-10)5-7-12(2)8-6-11;2*1-2/h10H,3-9H2,1-2H3;2*1-2H3. The summed E-state index contributed by atoms with van der Waals surface area (Å²) in [6.07, 6.45) is 7.45. The lowest BCUT2D eigenvalue weighted by Crippen LogP contribution is -2.36. The van der Waals surface area contributed by atoms with Crippen molar-refractivity contribution in [2.75, 3.05) is 20.1 Å². The summed E-state index contributed by atoms with van der Waals surface area (Å²) < 4.78 is 0. The summed E-state index contributed by atoms with van der Waals surface area (Å²) in [5, 5.41) is 0. The molecule has 98 valence electrons. The van der Waals surface area contributed by atoms with Gasteiger partial charge in [0, 0.05) is 0 Å². The van der Waals surface area contributed by atoms with E-state index >= 15 is 0 Å². The molecular formula is C15H33N. The van der Waals surface area contributed by atoms with Crippen molar-refractivity contribution < 1.29 is 0 Å². The van der Waals surface area contributed by atoms with Crippen LogP contribution in [0.4, 0.5) is 0 Å². The minimum atomic E-state index is 0.784. The first kappa shape index (κ1) is 16.0. The van der Waals surface area contributed by atoms with Crippen LogP contribution in [0, 0.1) is 11.3 Å². The number of piperidine rings is 1. The van der Waals surface area contributed by atoms with Crippen molar-refractivity contribution in [3.63, 3.8) is 0 Å². The van der Waals surface area contributed by atoms with E-state index in [0.29, 0.717) is 0 Å². The van der Waals surface area contributed by atoms with Crippen molar-refractivity contribution in [2.45, 2.75) is 66.7 Å². The first-order valence-electron chi connectivity index (χ1n) is 7.39. The van der Waals surface area contributed by atoms with Crippen molar-refractivity contribution in [1.29, 1.82) is 0 Å². The molecule has 1 heterocycles. The van der Waals surface area contributed by atoms with Crippen LogP contribution >= 0.6 is 0 Å². The predicted octanol–water partition coefficient (Wildman–Crippen LogP) is 4.57. The van der Waals surface area contributed by atoms with E-state index in [0.717, 1.165) is 11.3 Å². The van der Waals surface area contributed by atoms with E-state index in [1.54, 1.807) is 0 Å². The van der Waals surface area contributed by atoms with Crippen LogP contribution < -0.4 is 0 Å². The maximum absolute atomic E-state index is 2.48. The maximum Gasteiger partial charge on any atom is -0.00165 e. The van der Waals surface area contributed by atoms with Gasteiger partial charge in [-0.05, 0) is 57.2 Å². The topological polar surface area (TPSA) is 3.24 Å². The van der Waals surface area contributed by atoms with Gasteiger partial charge in [0.2, 0.25) is 0 Å². The highest BCUT2D eigenvalue weighted by atomic mass is 15.1. The highest BCUT2D eigenvalue weighted by Gasteiger charge is 2.38. The van der Waals surface area contributed by atoms with Gasteiger partial charge in [-0.15, -0.1) is 0 Å². The minimum Gasteiger partial charge on any atom is -0.306 e. The Morgan fingerprint density at radius 2 is 1.44 bits per heavy atom. The van der Waals surface area contributed by atoms with Gasteiger partial charge in [-0.1, -0.05) is 41.0 Å². The van der Waals surface area contributed by atoms with Crippen LogP contribution in [-0.2, 0) is 0 Å². The Hall–Kier alpha value is -0.0400. The van der Waals surface area contributed by atoms with Crippen molar-refractivity contribution in [1.82, 2.24) is 4.90 Å². The van der Waals surface area contributed by atoms with E-state index in [1.807, 2.05) is 27.7 Å². The van der Waals surface area contributed by atoms with E-state index in [9.17, 15) is 0 Å². The summed E-state index contributed by atoms with van der Waals surface area (Å²) in [5.74, 6) is 1.01. The predicted molar refractivity (Wildman–Crippen MR) is 74.9 cm³/mol. The van der Waals surface area contributed by atoms with Gasteiger partial charge in [-0.25, -0.2) is 0 Å². The molecule has 1 spiro atoms. The van der Waals surface area contributed by atoms with Crippen molar-refractivity contribution in [2.24, 2.45) is 11.3 Å². The van der Waals surface area contributed by atoms with E-state index in [1.165, 1.54) is 45.2 Å². The second-order valence-electron chi connectivity index (χ2n) is 5.15. The van der Waals surface area contributed by atoms with Gasteiger partial charge >= 0.3 is 0 Å². The lowest BCUT2D eigenvalue weighted by Gasteiger charge is -2.38. The third kappa shape index (κ3) is 4.45. The van der Waals surface area contributed by atoms with Crippen LogP contribution in [-0.4, -0.2) is 25.0 Å². The highest BCUT2D eigenvalue weighted by Crippen LogP contribution is 2.48. The molecule has 2 fully saturated rings. The Morgan fingerprint density at radius 3 is 1.81 bits per heavy atom. The number of hydrogen-bond acceptors (Lipinski definition) is 1. The quantitative estimate of drug-likeness (QED) is 0.586. The summed E-state index contributed by atoms with van der Waals surface area (Å²) in [7, 11) is 2.26. The first-order valence-corrected chi connectivity index (χ1v) is 7.39. The molecule has 1 saturated carbocycles. The number of likely N-dealkylation sites (tertiary alicyclic amines) is 1. The Morgan fingerprint density at radius 1 is 0.938 bits per heavy atom. The van der Waals surface area contributed by atoms with Gasteiger partial charge in [-0.2, -0.15) is 0 Å². The molecule has 1 nitrogen and oxygen atoms in total. The van der Waals surface area contributed by atoms with Crippen molar-refractivity contribution >= 4 is 0 Å². The zero-order chi connectivity index (χ0) is 12.6. The Kier molecular flexibility index (Phi) is 8.09. The normalized spacial score (nSPS) is 27.8. The lowest BCUT2D eigenvalue weighted by atomic mass is 9.76. The highest BCUT2D eigenvalue weighted by molar-refractivity contribution is 4.91. The van der Waals surface area contributed by atoms with Crippen molar-refractivity contribution in [3.8, 4) is 0 Å². The van der Waals surface area contributed by atoms with Gasteiger partial charge < -0.3 is 4.90 Å². The third-order valence-electron chi connectivity index (χ3n) is 4.00. The van der Waals surface area contributed by atoms with Crippen LogP contribution in [0.1, 0.15) is 66.7 Å². The van der Waals surface area contributed by atoms with Gasteiger partial charge in [0.05, 0.1) is 0 Å². The molecule has 0 amide bonds. The molecule has 2 aliphatic rings. The first-order chi connectivity index (χ1) is 7.70. The van der Waals surface area contributed by atoms with Crippen LogP contribution in [0.3, 0.4) is 0 Å². The molecule has 16 heavy (non-hydrogen) atoms. The molecule has 0 radical (unpaired) electrons. The molecule has 0 aromatic heterocycles. The third-order valence-corrected chi connectivity index (χ3v) is 4.00. The molecule has 1 unspecified atom stereocenters. The SMILES string of the molecule is CC.CC.CC1CCC2(CCN(C)CC2)C1. The summed E-state index contributed by atoms with van der Waals surface area (Å²) >= 11 is 0. The molecule has 1 aliphatic heterocycles. The van der Waals surface area contributed by atoms with Gasteiger partial charge in [0.15, 0.2) is 0 Å². The summed E-state index contributed by atoms with van der Waals surface area (Å²) in [4.78, 5) is 2.48. The molecule has 0 bridgehead atoms. The molecular weight excluding hydrogens is 194 g/mol. The smallest absolute Gasteiger partial charge is 0.00165 e. The monoisotopic (exact) mass is 227 g/mol. The van der Waals surface area contributed by atoms with Crippen LogP contribution in [0.15, 0.2) is 0 Å². The van der Waals surface area contributed by atoms with Crippen molar-refractivity contribution in [3.05, 3.63) is 0 Å². The van der Waals surface area contributed by atoms with Gasteiger partial charge in [0.25, 0.3) is 0 Å². The van der Waals surface area contributed by atoms with E-state index in [-0.39, 0.29) is 0 Å². The molecule has 0 aromatic carbocycles. The second kappa shape index (κ2) is 8.11. The van der Waals surface area contributed by atoms with E-state index in [2.05, 4.69) is 18.9 Å². The average Bonchev–Trinajstić information content (AvgIpc) is 2.71. The zero-order valence-electron chi connectivity index (χ0n) is 12.5. The minimum absolute atomic E-state index is 0.784. The Balaban J connectivity index is 0.000000509. The number of nitrogens with zero attached hydrogens (tertiary/aromatic N) is 1. The molecule has 1 aliphatic carbocycles. The molecule has 1 heteroatoms. The van der Waals surface area contributed by atoms with E-state index < -0.39 is 0 Å². The maximum atomic E-state index is 2.48. The fourth-order valence-electron chi connectivity index (χ4n) is 3.04. The van der Waals surface area contributed by atoms with Crippen LogP contribution in [0.25, 0.3) is 0 Å². The Labute approximate surface area is 104 Å². The molecule has 1 atom stereocenters. The van der Waals surface area contributed by atoms with E-state index in [4.69, 9.17) is 0 Å². The van der Waals surface area contributed by atoms with Gasteiger partial charge in [-0.3, -0.25) is 0 Å². The fourth-order valence-corrected chi connectivity index (χ4v) is 3.04. The summed E-state index contributed by atoms with van der Waals surface area (Å²) in [6, 6.07) is 0. The largest absolute Gasteiger partial charge is 0.306 e. The number of rotatable bonds is 0. The average molecular weight is 227 g/mol. The van der Waals surface area contributed by atoms with Crippen LogP contribution in [0.2, 0.25) is 0 Å². The molecule has 1 saturated heterocycles. The molecule has 0 aromatic rings. The Bertz CT molecular complexity index is 157. The summed E-state index contributed by atoms with van der Waals surface area (Å²) in [5.41, 5.74) is 0.784. The zero-order valence-corrected chi connectivity index (χ0v) is 12.5. The second-order valence-corrected chi connectivity index (χ2v) is 5.15.